The van der Waals surface area contributed by atoms with Gasteiger partial charge in [-0.2, -0.15) is 0 Å². The zero-order valence-corrected chi connectivity index (χ0v) is 14.0. The van der Waals surface area contributed by atoms with E-state index in [1.54, 1.807) is 0 Å². The zero-order chi connectivity index (χ0) is 18.1. The van der Waals surface area contributed by atoms with Gasteiger partial charge in [0, 0.05) is 17.0 Å². The Hall–Kier alpha value is -3.07. The first kappa shape index (κ1) is 16.4. The van der Waals surface area contributed by atoms with Crippen LogP contribution in [-0.2, 0) is 4.79 Å². The first-order valence-electron chi connectivity index (χ1n) is 7.59. The van der Waals surface area contributed by atoms with Crippen molar-refractivity contribution in [1.29, 1.82) is 0 Å². The molecule has 0 unspecified atom stereocenters. The maximum absolute atomic E-state index is 13.5. The molecule has 1 amide bonds. The molecule has 0 aliphatic heterocycles. The first-order valence-corrected chi connectivity index (χ1v) is 8.57. The average molecular weight is 371 g/mol. The molecule has 0 saturated heterocycles. The molecule has 0 aliphatic rings. The van der Waals surface area contributed by atoms with E-state index < -0.39 is 17.5 Å². The standard InChI is InChI=1S/C17H11F2N5OS/c18-9-5-6-13(11(19)7-9)20-14(25)8-26-17-22-16-15(23-24-17)10-3-1-2-4-12(10)21-16/h1-7H,8H2,(H,20,25)(H,21,22,24). The van der Waals surface area contributed by atoms with E-state index >= 15 is 0 Å². The van der Waals surface area contributed by atoms with E-state index in [1.807, 2.05) is 24.3 Å². The molecule has 0 aliphatic carbocycles. The minimum absolute atomic E-state index is 0.0375. The predicted molar refractivity (Wildman–Crippen MR) is 94.9 cm³/mol. The summed E-state index contributed by atoms with van der Waals surface area (Å²) in [6, 6.07) is 10.6. The number of halogens is 2. The fourth-order valence-corrected chi connectivity index (χ4v) is 3.06. The second-order valence-corrected chi connectivity index (χ2v) is 6.37. The van der Waals surface area contributed by atoms with Crippen molar-refractivity contribution in [2.45, 2.75) is 5.16 Å². The number of hydrogen-bond acceptors (Lipinski definition) is 5. The number of thioether (sulfide) groups is 1. The maximum Gasteiger partial charge on any atom is 0.234 e. The Balaban J connectivity index is 1.47. The van der Waals surface area contributed by atoms with Crippen LogP contribution in [0.5, 0.6) is 0 Å². The van der Waals surface area contributed by atoms with Crippen LogP contribution in [0.1, 0.15) is 0 Å². The normalized spacial score (nSPS) is 11.2. The summed E-state index contributed by atoms with van der Waals surface area (Å²) < 4.78 is 26.4. The highest BCUT2D eigenvalue weighted by atomic mass is 32.2. The molecule has 6 nitrogen and oxygen atoms in total. The third-order valence-electron chi connectivity index (χ3n) is 3.64. The summed E-state index contributed by atoms with van der Waals surface area (Å²) in [7, 11) is 0. The maximum atomic E-state index is 13.5. The Bertz CT molecular complexity index is 1130. The van der Waals surface area contributed by atoms with Gasteiger partial charge < -0.3 is 10.3 Å². The second kappa shape index (κ2) is 6.68. The van der Waals surface area contributed by atoms with E-state index in [0.717, 1.165) is 28.7 Å². The third kappa shape index (κ3) is 3.21. The van der Waals surface area contributed by atoms with E-state index in [-0.39, 0.29) is 11.4 Å². The molecule has 26 heavy (non-hydrogen) atoms. The van der Waals surface area contributed by atoms with Crippen LogP contribution < -0.4 is 5.32 Å². The highest BCUT2D eigenvalue weighted by Gasteiger charge is 2.12. The fourth-order valence-electron chi connectivity index (χ4n) is 2.47. The van der Waals surface area contributed by atoms with Crippen molar-refractivity contribution in [2.75, 3.05) is 11.1 Å². The van der Waals surface area contributed by atoms with Crippen molar-refractivity contribution < 1.29 is 13.6 Å². The highest BCUT2D eigenvalue weighted by Crippen LogP contribution is 2.23. The van der Waals surface area contributed by atoms with Gasteiger partial charge in [-0.3, -0.25) is 4.79 Å². The Morgan fingerprint density at radius 1 is 1.15 bits per heavy atom. The van der Waals surface area contributed by atoms with Crippen molar-refractivity contribution in [3.63, 3.8) is 0 Å². The number of rotatable bonds is 4. The number of benzene rings is 2. The van der Waals surface area contributed by atoms with Gasteiger partial charge in [0.05, 0.1) is 11.4 Å². The summed E-state index contributed by atoms with van der Waals surface area (Å²) in [6.07, 6.45) is 0. The Morgan fingerprint density at radius 3 is 2.85 bits per heavy atom. The molecule has 0 fully saturated rings. The number of fused-ring (bicyclic) bond motifs is 3. The minimum Gasteiger partial charge on any atom is -0.338 e. The van der Waals surface area contributed by atoms with Crippen molar-refractivity contribution in [3.05, 3.63) is 54.1 Å². The number of nitrogens with zero attached hydrogens (tertiary/aromatic N) is 3. The number of para-hydroxylation sites is 1. The molecule has 0 atom stereocenters. The number of aromatic nitrogens is 4. The second-order valence-electron chi connectivity index (χ2n) is 5.42. The van der Waals surface area contributed by atoms with Crippen molar-refractivity contribution in [2.24, 2.45) is 0 Å². The van der Waals surface area contributed by atoms with Gasteiger partial charge in [0.1, 0.15) is 17.2 Å². The highest BCUT2D eigenvalue weighted by molar-refractivity contribution is 7.99. The first-order chi connectivity index (χ1) is 12.6. The van der Waals surface area contributed by atoms with Gasteiger partial charge in [0.25, 0.3) is 0 Å². The van der Waals surface area contributed by atoms with Crippen molar-refractivity contribution >= 4 is 45.4 Å². The number of carbonyl (C=O) groups is 1. The van der Waals surface area contributed by atoms with E-state index in [1.165, 1.54) is 6.07 Å². The van der Waals surface area contributed by atoms with Crippen LogP contribution >= 0.6 is 11.8 Å². The van der Waals surface area contributed by atoms with E-state index in [4.69, 9.17) is 0 Å². The molecule has 0 spiro atoms. The molecule has 9 heteroatoms. The lowest BCUT2D eigenvalue weighted by atomic mass is 10.2. The lowest BCUT2D eigenvalue weighted by molar-refractivity contribution is -0.113. The molecule has 2 N–H and O–H groups in total. The molecule has 2 aromatic heterocycles. The summed E-state index contributed by atoms with van der Waals surface area (Å²) in [5.74, 6) is -2.04. The van der Waals surface area contributed by atoms with Gasteiger partial charge in [-0.05, 0) is 18.2 Å². The van der Waals surface area contributed by atoms with Crippen LogP contribution in [0.15, 0.2) is 47.6 Å². The van der Waals surface area contributed by atoms with E-state index in [9.17, 15) is 13.6 Å². The quantitative estimate of drug-likeness (QED) is 0.536. The van der Waals surface area contributed by atoms with Crippen LogP contribution in [0.25, 0.3) is 22.1 Å². The molecule has 0 bridgehead atoms. The summed E-state index contributed by atoms with van der Waals surface area (Å²) >= 11 is 1.07. The molecular formula is C17H11F2N5OS. The van der Waals surface area contributed by atoms with Gasteiger partial charge in [0.2, 0.25) is 11.1 Å². The average Bonchev–Trinajstić information content (AvgIpc) is 3.00. The number of aromatic amines is 1. The van der Waals surface area contributed by atoms with E-state index in [2.05, 4.69) is 25.5 Å². The van der Waals surface area contributed by atoms with Gasteiger partial charge in [-0.25, -0.2) is 13.8 Å². The van der Waals surface area contributed by atoms with Crippen LogP contribution in [0, 0.1) is 11.6 Å². The lowest BCUT2D eigenvalue weighted by Crippen LogP contribution is -2.15. The topological polar surface area (TPSA) is 83.6 Å². The lowest BCUT2D eigenvalue weighted by Gasteiger charge is -2.05. The number of carbonyl (C=O) groups excluding carboxylic acids is 1. The van der Waals surface area contributed by atoms with Crippen LogP contribution in [0.3, 0.4) is 0 Å². The molecule has 2 heterocycles. The SMILES string of the molecule is O=C(CSc1nnc2c(n1)[nH]c1ccccc12)Nc1ccc(F)cc1F. The molecule has 130 valence electrons. The largest absolute Gasteiger partial charge is 0.338 e. The van der Waals surface area contributed by atoms with Crippen LogP contribution in [-0.4, -0.2) is 31.8 Å². The molecule has 0 radical (unpaired) electrons. The van der Waals surface area contributed by atoms with Gasteiger partial charge in [0.15, 0.2) is 5.65 Å². The summed E-state index contributed by atoms with van der Waals surface area (Å²) in [4.78, 5) is 19.4. The molecule has 2 aromatic carbocycles. The zero-order valence-electron chi connectivity index (χ0n) is 13.2. The third-order valence-corrected chi connectivity index (χ3v) is 4.48. The Kier molecular flexibility index (Phi) is 4.21. The monoisotopic (exact) mass is 371 g/mol. The predicted octanol–water partition coefficient (Wildman–Crippen LogP) is 3.52. The van der Waals surface area contributed by atoms with Gasteiger partial charge >= 0.3 is 0 Å². The molecule has 4 rings (SSSR count). The van der Waals surface area contributed by atoms with Gasteiger partial charge in [-0.15, -0.1) is 10.2 Å². The van der Waals surface area contributed by atoms with Crippen molar-refractivity contribution in [1.82, 2.24) is 20.2 Å². The number of hydrogen-bond donors (Lipinski definition) is 2. The Morgan fingerprint density at radius 2 is 2.00 bits per heavy atom. The molecular weight excluding hydrogens is 360 g/mol. The summed E-state index contributed by atoms with van der Waals surface area (Å²) in [5, 5.41) is 11.8. The minimum atomic E-state index is -0.833. The van der Waals surface area contributed by atoms with Crippen LogP contribution in [0.2, 0.25) is 0 Å². The summed E-state index contributed by atoms with van der Waals surface area (Å²) in [6.45, 7) is 0. The van der Waals surface area contributed by atoms with Crippen LogP contribution in [0.4, 0.5) is 14.5 Å². The Labute approximate surface area is 150 Å². The van der Waals surface area contributed by atoms with Crippen molar-refractivity contribution in [3.8, 4) is 0 Å². The number of anilines is 1. The summed E-state index contributed by atoms with van der Waals surface area (Å²) in [5.41, 5.74) is 2.05. The van der Waals surface area contributed by atoms with E-state index in [0.29, 0.717) is 22.4 Å². The smallest absolute Gasteiger partial charge is 0.234 e. The van der Waals surface area contributed by atoms with Gasteiger partial charge in [-0.1, -0.05) is 30.0 Å². The number of amides is 1. The number of nitrogens with one attached hydrogen (secondary N) is 2. The fraction of sp³-hybridized carbons (Fsp3) is 0.0588. The number of H-pyrrole nitrogens is 1. The molecule has 4 aromatic rings. The molecule has 0 saturated carbocycles.